The van der Waals surface area contributed by atoms with E-state index in [4.69, 9.17) is 0 Å². The number of likely N-dealkylation sites (tertiary alicyclic amines) is 1. The Morgan fingerprint density at radius 3 is 2.66 bits per heavy atom. The molecule has 1 aromatic rings. The highest BCUT2D eigenvalue weighted by atomic mass is 127. The molecule has 3 N–H and O–H groups in total. The van der Waals surface area contributed by atoms with Crippen LogP contribution < -0.4 is 16.0 Å². The molecule has 1 saturated heterocycles. The number of benzene rings is 1. The van der Waals surface area contributed by atoms with E-state index in [0.717, 1.165) is 38.4 Å². The van der Waals surface area contributed by atoms with Crippen molar-refractivity contribution in [3.63, 3.8) is 0 Å². The Kier molecular flexibility index (Phi) is 12.2. The lowest BCUT2D eigenvalue weighted by Crippen LogP contribution is -2.44. The first-order chi connectivity index (χ1) is 13.5. The molecule has 1 amide bonds. The Morgan fingerprint density at radius 1 is 1.28 bits per heavy atom. The zero-order chi connectivity index (χ0) is 20.4. The summed E-state index contributed by atoms with van der Waals surface area (Å²) < 4.78 is 0. The molecule has 0 aliphatic carbocycles. The van der Waals surface area contributed by atoms with Crippen LogP contribution in [-0.4, -0.2) is 54.5 Å². The molecule has 1 heterocycles. The number of carbonyl (C=O) groups is 1. The summed E-state index contributed by atoms with van der Waals surface area (Å²) >= 11 is 0. The number of rotatable bonds is 9. The zero-order valence-corrected chi connectivity index (χ0v) is 20.6. The summed E-state index contributed by atoms with van der Waals surface area (Å²) in [5, 5.41) is 9.84. The Morgan fingerprint density at radius 2 is 2.00 bits per heavy atom. The van der Waals surface area contributed by atoms with Crippen LogP contribution in [0.15, 0.2) is 35.3 Å². The predicted molar refractivity (Wildman–Crippen MR) is 132 cm³/mol. The fraction of sp³-hybridized carbons (Fsp3) is 0.636. The van der Waals surface area contributed by atoms with Crippen molar-refractivity contribution in [1.82, 2.24) is 20.9 Å². The maximum Gasteiger partial charge on any atom is 0.222 e. The van der Waals surface area contributed by atoms with E-state index in [1.807, 2.05) is 6.92 Å². The van der Waals surface area contributed by atoms with E-state index >= 15 is 0 Å². The highest BCUT2D eigenvalue weighted by Gasteiger charge is 2.29. The maximum absolute atomic E-state index is 11.9. The largest absolute Gasteiger partial charge is 0.357 e. The second-order valence-electron chi connectivity index (χ2n) is 7.73. The third kappa shape index (κ3) is 9.33. The summed E-state index contributed by atoms with van der Waals surface area (Å²) in [6.07, 6.45) is 2.45. The Labute approximate surface area is 193 Å². The normalized spacial score (nSPS) is 20.6. The van der Waals surface area contributed by atoms with Gasteiger partial charge in [0.05, 0.1) is 6.54 Å². The fourth-order valence-electron chi connectivity index (χ4n) is 3.47. The number of hydrogen-bond donors (Lipinski definition) is 3. The van der Waals surface area contributed by atoms with Crippen molar-refractivity contribution < 1.29 is 4.79 Å². The minimum absolute atomic E-state index is 0. The average molecular weight is 515 g/mol. The van der Waals surface area contributed by atoms with E-state index in [0.29, 0.717) is 25.0 Å². The molecule has 2 rings (SSSR count). The van der Waals surface area contributed by atoms with E-state index in [9.17, 15) is 4.79 Å². The van der Waals surface area contributed by atoms with Crippen molar-refractivity contribution in [2.45, 2.75) is 71.6 Å². The average Bonchev–Trinajstić information content (AvgIpc) is 3.01. The van der Waals surface area contributed by atoms with Gasteiger partial charge in [-0.15, -0.1) is 24.0 Å². The van der Waals surface area contributed by atoms with Crippen LogP contribution in [0, 0.1) is 0 Å². The van der Waals surface area contributed by atoms with Crippen LogP contribution in [0.5, 0.6) is 0 Å². The van der Waals surface area contributed by atoms with Crippen LogP contribution in [-0.2, 0) is 11.3 Å². The van der Waals surface area contributed by atoms with Crippen molar-refractivity contribution in [2.75, 3.05) is 19.6 Å². The van der Waals surface area contributed by atoms with E-state index in [1.54, 1.807) is 0 Å². The minimum Gasteiger partial charge on any atom is -0.357 e. The number of nitrogens with zero attached hydrogens (tertiary/aromatic N) is 2. The molecular weight excluding hydrogens is 477 g/mol. The molecule has 164 valence electrons. The van der Waals surface area contributed by atoms with Crippen molar-refractivity contribution in [3.05, 3.63) is 35.9 Å². The number of hydrogen-bond acceptors (Lipinski definition) is 3. The summed E-state index contributed by atoms with van der Waals surface area (Å²) in [6, 6.07) is 11.7. The molecule has 1 aromatic carbocycles. The standard InChI is InChI=1S/C22H37N5O.HI/c1-5-17(3)25-21(28)12-13-24-22(23-6-2)26-20-14-18(4)27(16-20)15-19-10-8-7-9-11-19;/h7-11,17-18,20H,5-6,12-16H2,1-4H3,(H,25,28)(H2,23,24,26);1H. The molecule has 0 radical (unpaired) electrons. The Hall–Kier alpha value is -1.35. The first-order valence-corrected chi connectivity index (χ1v) is 10.6. The number of guanidine groups is 1. The van der Waals surface area contributed by atoms with Crippen LogP contribution in [0.1, 0.15) is 52.5 Å². The Bertz CT molecular complexity index is 625. The van der Waals surface area contributed by atoms with Gasteiger partial charge < -0.3 is 16.0 Å². The van der Waals surface area contributed by atoms with Gasteiger partial charge in [-0.2, -0.15) is 0 Å². The van der Waals surface area contributed by atoms with Crippen LogP contribution >= 0.6 is 24.0 Å². The van der Waals surface area contributed by atoms with Gasteiger partial charge in [0.2, 0.25) is 5.91 Å². The van der Waals surface area contributed by atoms with Crippen LogP contribution in [0.25, 0.3) is 0 Å². The zero-order valence-electron chi connectivity index (χ0n) is 18.3. The monoisotopic (exact) mass is 515 g/mol. The molecule has 0 spiro atoms. The first-order valence-electron chi connectivity index (χ1n) is 10.6. The highest BCUT2D eigenvalue weighted by Crippen LogP contribution is 2.20. The topological polar surface area (TPSA) is 68.8 Å². The summed E-state index contributed by atoms with van der Waals surface area (Å²) in [7, 11) is 0. The molecule has 0 saturated carbocycles. The molecule has 7 heteroatoms. The van der Waals surface area contributed by atoms with Crippen molar-refractivity contribution in [1.29, 1.82) is 0 Å². The third-order valence-electron chi connectivity index (χ3n) is 5.25. The molecule has 1 fully saturated rings. The summed E-state index contributed by atoms with van der Waals surface area (Å²) in [6.45, 7) is 11.7. The number of amides is 1. The molecule has 29 heavy (non-hydrogen) atoms. The number of nitrogens with one attached hydrogen (secondary N) is 3. The van der Waals surface area contributed by atoms with Gasteiger partial charge in [0.25, 0.3) is 0 Å². The van der Waals surface area contributed by atoms with Crippen LogP contribution in [0.2, 0.25) is 0 Å². The molecule has 1 aliphatic rings. The second-order valence-corrected chi connectivity index (χ2v) is 7.73. The van der Waals surface area contributed by atoms with E-state index in [1.165, 1.54) is 5.56 Å². The lowest BCUT2D eigenvalue weighted by Gasteiger charge is -2.21. The molecule has 0 bridgehead atoms. The van der Waals surface area contributed by atoms with Gasteiger partial charge in [-0.3, -0.25) is 14.7 Å². The second kappa shape index (κ2) is 13.8. The van der Waals surface area contributed by atoms with Gasteiger partial charge in [-0.1, -0.05) is 37.3 Å². The highest BCUT2D eigenvalue weighted by molar-refractivity contribution is 14.0. The molecular formula is C22H38IN5O. The first kappa shape index (κ1) is 25.7. The predicted octanol–water partition coefficient (Wildman–Crippen LogP) is 3.13. The number of aliphatic imine (C=N–C) groups is 1. The van der Waals surface area contributed by atoms with Gasteiger partial charge in [0.1, 0.15) is 0 Å². The fourth-order valence-corrected chi connectivity index (χ4v) is 3.47. The molecule has 3 atom stereocenters. The van der Waals surface area contributed by atoms with Gasteiger partial charge >= 0.3 is 0 Å². The number of carbonyl (C=O) groups excluding carboxylic acids is 1. The van der Waals surface area contributed by atoms with Gasteiger partial charge in [-0.05, 0) is 39.2 Å². The lowest BCUT2D eigenvalue weighted by molar-refractivity contribution is -0.121. The molecule has 6 nitrogen and oxygen atoms in total. The summed E-state index contributed by atoms with van der Waals surface area (Å²) in [5.74, 6) is 0.870. The van der Waals surface area contributed by atoms with Crippen molar-refractivity contribution in [2.24, 2.45) is 4.99 Å². The van der Waals surface area contributed by atoms with Crippen LogP contribution in [0.3, 0.4) is 0 Å². The van der Waals surface area contributed by atoms with E-state index < -0.39 is 0 Å². The van der Waals surface area contributed by atoms with Crippen molar-refractivity contribution >= 4 is 35.8 Å². The molecule has 1 aliphatic heterocycles. The van der Waals surface area contributed by atoms with Gasteiger partial charge in [0.15, 0.2) is 5.96 Å². The smallest absolute Gasteiger partial charge is 0.222 e. The third-order valence-corrected chi connectivity index (χ3v) is 5.25. The van der Waals surface area contributed by atoms with Gasteiger partial charge in [-0.25, -0.2) is 0 Å². The number of halogens is 1. The molecule has 3 unspecified atom stereocenters. The maximum atomic E-state index is 11.9. The quantitative estimate of drug-likeness (QED) is 0.269. The van der Waals surface area contributed by atoms with Gasteiger partial charge in [0, 0.05) is 44.2 Å². The summed E-state index contributed by atoms with van der Waals surface area (Å²) in [4.78, 5) is 19.0. The molecule has 0 aromatic heterocycles. The van der Waals surface area contributed by atoms with E-state index in [-0.39, 0.29) is 35.9 Å². The van der Waals surface area contributed by atoms with Crippen LogP contribution in [0.4, 0.5) is 0 Å². The van der Waals surface area contributed by atoms with Crippen molar-refractivity contribution in [3.8, 4) is 0 Å². The van der Waals surface area contributed by atoms with E-state index in [2.05, 4.69) is 76.9 Å². The minimum atomic E-state index is 0. The SMILES string of the molecule is CCNC(=NCCC(=O)NC(C)CC)NC1CC(C)N(Cc2ccccc2)C1.I. The Balaban J connectivity index is 0.00000420. The lowest BCUT2D eigenvalue weighted by atomic mass is 10.2. The summed E-state index contributed by atoms with van der Waals surface area (Å²) in [5.41, 5.74) is 1.35.